The molecular formula is C70H62N2. The van der Waals surface area contributed by atoms with Gasteiger partial charge < -0.3 is 9.80 Å². The van der Waals surface area contributed by atoms with Gasteiger partial charge in [-0.2, -0.15) is 0 Å². The average Bonchev–Trinajstić information content (AvgIpc) is 3.38. The van der Waals surface area contributed by atoms with Gasteiger partial charge in [0.05, 0.1) is 11.4 Å². The van der Waals surface area contributed by atoms with Gasteiger partial charge in [0.15, 0.2) is 0 Å². The van der Waals surface area contributed by atoms with Crippen LogP contribution in [0.2, 0.25) is 0 Å². The smallest absolute Gasteiger partial charge is 0.0506 e. The molecule has 2 heteroatoms. The first-order valence-corrected chi connectivity index (χ1v) is 25.9. The Hall–Kier alpha value is -7.94. The number of hydrogen-bond acceptors (Lipinski definition) is 2. The standard InChI is InChI=1S/C70H62N2/c1-43(2)49-21-25-57(26-22-49)71(59-35-45(5)33-46(6)36-59)67-41-65(55-19-17-51-13-9-11-15-53(51)39-55)61-30-32-64-68(72(60-37-47(7)34-48(8)38-60)58-27-23-50(24-28-58)44(3)4)42-66(62-29-31-63(67)69(61)70(62)64)56-20-18-52-14-10-12-16-54(52)40-56/h9-44,69-70H,1-8H3. The van der Waals surface area contributed by atoms with Crippen molar-refractivity contribution >= 4 is 55.4 Å². The van der Waals surface area contributed by atoms with Crippen LogP contribution < -0.4 is 9.80 Å². The second kappa shape index (κ2) is 18.0. The fraction of sp³-hybridized carbons (Fsp3) is 0.171. The number of nitrogens with zero attached hydrogens (tertiary/aromatic N) is 2. The van der Waals surface area contributed by atoms with Crippen molar-refractivity contribution in [2.75, 3.05) is 9.80 Å². The first-order chi connectivity index (χ1) is 34.9. The molecule has 0 aliphatic heterocycles. The van der Waals surface area contributed by atoms with Crippen LogP contribution in [0.1, 0.15) is 84.0 Å². The molecule has 2 nitrogen and oxygen atoms in total. The SMILES string of the molecule is Cc1cc(C)cc(N(C2=CC(c3ccc4ccccc4c3)=C3C=CC4=C(N(c5ccc(C(C)C)cc5)c5cc(C)cc(C)c5)C=C(c5ccc6ccccc6c5)C5=CC=C2C3C54)c2ccc(C(C)C)cc2)c1. The van der Waals surface area contributed by atoms with Gasteiger partial charge >= 0.3 is 0 Å². The Balaban J connectivity index is 1.16. The first kappa shape index (κ1) is 45.2. The van der Waals surface area contributed by atoms with Crippen LogP contribution in [0.5, 0.6) is 0 Å². The predicted molar refractivity (Wildman–Crippen MR) is 307 cm³/mol. The lowest BCUT2D eigenvalue weighted by Gasteiger charge is -2.47. The highest BCUT2D eigenvalue weighted by atomic mass is 15.2. The third kappa shape index (κ3) is 8.00. The van der Waals surface area contributed by atoms with Crippen molar-refractivity contribution in [3.05, 3.63) is 285 Å². The van der Waals surface area contributed by atoms with Gasteiger partial charge in [-0.05, 0) is 212 Å². The highest BCUT2D eigenvalue weighted by Gasteiger charge is 2.46. The third-order valence-electron chi connectivity index (χ3n) is 15.5. The molecule has 0 amide bonds. The molecule has 2 atom stereocenters. The summed E-state index contributed by atoms with van der Waals surface area (Å²) < 4.78 is 0. The molecule has 0 saturated carbocycles. The molecule has 352 valence electrons. The van der Waals surface area contributed by atoms with Gasteiger partial charge in [-0.15, -0.1) is 0 Å². The highest BCUT2D eigenvalue weighted by Crippen LogP contribution is 2.59. The van der Waals surface area contributed by atoms with E-state index >= 15 is 0 Å². The maximum absolute atomic E-state index is 2.55. The van der Waals surface area contributed by atoms with Crippen molar-refractivity contribution in [3.8, 4) is 0 Å². The first-order valence-electron chi connectivity index (χ1n) is 25.9. The van der Waals surface area contributed by atoms with Crippen LogP contribution in [0.25, 0.3) is 32.7 Å². The molecule has 2 unspecified atom stereocenters. The van der Waals surface area contributed by atoms with Gasteiger partial charge in [0.2, 0.25) is 0 Å². The van der Waals surface area contributed by atoms with E-state index in [1.807, 2.05) is 0 Å². The molecule has 4 aliphatic carbocycles. The zero-order valence-electron chi connectivity index (χ0n) is 42.8. The molecule has 8 aromatic rings. The summed E-state index contributed by atoms with van der Waals surface area (Å²) in [7, 11) is 0. The minimum atomic E-state index is 0.0124. The molecule has 0 radical (unpaired) electrons. The van der Waals surface area contributed by atoms with E-state index < -0.39 is 0 Å². The predicted octanol–water partition coefficient (Wildman–Crippen LogP) is 18.8. The van der Waals surface area contributed by atoms with Crippen LogP contribution in [0, 0.1) is 39.5 Å². The van der Waals surface area contributed by atoms with Gasteiger partial charge in [-0.1, -0.05) is 161 Å². The molecule has 4 aliphatic rings. The number of rotatable bonds is 10. The van der Waals surface area contributed by atoms with E-state index in [0.717, 1.165) is 11.4 Å². The van der Waals surface area contributed by atoms with E-state index in [4.69, 9.17) is 0 Å². The van der Waals surface area contributed by atoms with Crippen molar-refractivity contribution < 1.29 is 0 Å². The summed E-state index contributed by atoms with van der Waals surface area (Å²) in [5.41, 5.74) is 25.1. The summed E-state index contributed by atoms with van der Waals surface area (Å²) in [6.45, 7) is 18.0. The minimum Gasteiger partial charge on any atom is -0.310 e. The number of hydrogen-bond donors (Lipinski definition) is 0. The largest absolute Gasteiger partial charge is 0.310 e. The molecule has 72 heavy (non-hydrogen) atoms. The zero-order chi connectivity index (χ0) is 49.4. The van der Waals surface area contributed by atoms with Crippen molar-refractivity contribution in [1.82, 2.24) is 0 Å². The second-order valence-electron chi connectivity index (χ2n) is 21.3. The van der Waals surface area contributed by atoms with Crippen molar-refractivity contribution in [2.24, 2.45) is 11.8 Å². The number of aryl methyl sites for hydroxylation is 4. The van der Waals surface area contributed by atoms with E-state index in [-0.39, 0.29) is 11.8 Å². The van der Waals surface area contributed by atoms with Crippen LogP contribution in [-0.2, 0) is 0 Å². The lowest BCUT2D eigenvalue weighted by Crippen LogP contribution is -2.37. The van der Waals surface area contributed by atoms with E-state index in [0.29, 0.717) is 11.8 Å². The number of allylic oxidation sites excluding steroid dienone is 12. The van der Waals surface area contributed by atoms with Crippen LogP contribution >= 0.6 is 0 Å². The number of fused-ring (bicyclic) bond motifs is 2. The summed E-state index contributed by atoms with van der Waals surface area (Å²) in [4.78, 5) is 5.10. The lowest BCUT2D eigenvalue weighted by molar-refractivity contribution is 0.556. The van der Waals surface area contributed by atoms with Crippen molar-refractivity contribution in [1.29, 1.82) is 0 Å². The summed E-state index contributed by atoms with van der Waals surface area (Å²) >= 11 is 0. The topological polar surface area (TPSA) is 6.48 Å². The minimum absolute atomic E-state index is 0.0124. The summed E-state index contributed by atoms with van der Waals surface area (Å²) in [6.07, 6.45) is 14.9. The number of benzene rings is 8. The fourth-order valence-corrected chi connectivity index (χ4v) is 12.1. The molecule has 0 saturated heterocycles. The summed E-state index contributed by atoms with van der Waals surface area (Å²) in [5.74, 6) is 0.883. The molecule has 0 bridgehead atoms. The molecular weight excluding hydrogens is 869 g/mol. The molecule has 0 heterocycles. The molecule has 0 fully saturated rings. The molecule has 0 aromatic heterocycles. The maximum atomic E-state index is 2.55. The zero-order valence-corrected chi connectivity index (χ0v) is 42.8. The Morgan fingerprint density at radius 3 is 1.40 bits per heavy atom. The fourth-order valence-electron chi connectivity index (χ4n) is 12.1. The Morgan fingerprint density at radius 2 is 0.847 bits per heavy atom. The third-order valence-corrected chi connectivity index (χ3v) is 15.5. The highest BCUT2D eigenvalue weighted by molar-refractivity contribution is 5.97. The Labute approximate surface area is 426 Å². The molecule has 12 rings (SSSR count). The molecule has 0 spiro atoms. The summed E-state index contributed by atoms with van der Waals surface area (Å²) in [5, 5.41) is 4.98. The van der Waals surface area contributed by atoms with Gasteiger partial charge in [0.1, 0.15) is 0 Å². The number of anilines is 4. The lowest BCUT2D eigenvalue weighted by atomic mass is 9.60. The Bertz CT molecular complexity index is 3690. The van der Waals surface area contributed by atoms with Gasteiger partial charge in [-0.25, -0.2) is 0 Å². The average molecular weight is 931 g/mol. The summed E-state index contributed by atoms with van der Waals surface area (Å²) in [6, 6.07) is 64.4. The van der Waals surface area contributed by atoms with Crippen LogP contribution in [0.4, 0.5) is 22.7 Å². The normalized spacial score (nSPS) is 17.0. The maximum Gasteiger partial charge on any atom is 0.0506 e. The Kier molecular flexibility index (Phi) is 11.3. The van der Waals surface area contributed by atoms with E-state index in [1.54, 1.807) is 0 Å². The van der Waals surface area contributed by atoms with E-state index in [9.17, 15) is 0 Å². The Morgan fingerprint density at radius 1 is 0.389 bits per heavy atom. The second-order valence-corrected chi connectivity index (χ2v) is 21.3. The molecule has 0 N–H and O–H groups in total. The van der Waals surface area contributed by atoms with E-state index in [1.165, 1.54) is 122 Å². The van der Waals surface area contributed by atoms with Crippen LogP contribution in [-0.4, -0.2) is 0 Å². The van der Waals surface area contributed by atoms with Crippen LogP contribution in [0.15, 0.2) is 240 Å². The van der Waals surface area contributed by atoms with Crippen molar-refractivity contribution in [2.45, 2.75) is 67.2 Å². The van der Waals surface area contributed by atoms with Crippen LogP contribution in [0.3, 0.4) is 0 Å². The van der Waals surface area contributed by atoms with Gasteiger partial charge in [0.25, 0.3) is 0 Å². The molecule has 8 aromatic carbocycles. The van der Waals surface area contributed by atoms with Crippen molar-refractivity contribution in [3.63, 3.8) is 0 Å². The van der Waals surface area contributed by atoms with Gasteiger partial charge in [0, 0.05) is 34.6 Å². The monoisotopic (exact) mass is 930 g/mol. The van der Waals surface area contributed by atoms with Gasteiger partial charge in [-0.3, -0.25) is 0 Å². The quantitative estimate of drug-likeness (QED) is 0.135. The van der Waals surface area contributed by atoms with E-state index in [2.05, 4.69) is 272 Å².